The zero-order valence-electron chi connectivity index (χ0n) is 8.21. The summed E-state index contributed by atoms with van der Waals surface area (Å²) in [6.45, 7) is 6.01. The predicted molar refractivity (Wildman–Crippen MR) is 56.3 cm³/mol. The molecule has 1 aliphatic rings. The molecule has 1 heterocycles. The summed E-state index contributed by atoms with van der Waals surface area (Å²) in [7, 11) is 0. The molecule has 1 saturated heterocycles. The largest absolute Gasteiger partial charge is 0.378 e. The molecule has 2 nitrogen and oxygen atoms in total. The number of halogens is 1. The van der Waals surface area contributed by atoms with Crippen molar-refractivity contribution < 1.29 is 4.74 Å². The molecular formula is C10H18ClNO. The molecule has 0 amide bonds. The van der Waals surface area contributed by atoms with Crippen LogP contribution in [0, 0.1) is 0 Å². The van der Waals surface area contributed by atoms with E-state index in [2.05, 4.69) is 17.9 Å². The van der Waals surface area contributed by atoms with E-state index in [0.29, 0.717) is 11.9 Å². The van der Waals surface area contributed by atoms with Crippen molar-refractivity contribution in [2.24, 2.45) is 0 Å². The molecule has 1 unspecified atom stereocenters. The number of hydrogen-bond donors (Lipinski definition) is 0. The molecule has 76 valence electrons. The number of hydrogen-bond acceptors (Lipinski definition) is 2. The van der Waals surface area contributed by atoms with Gasteiger partial charge in [-0.1, -0.05) is 19.1 Å². The third-order valence-electron chi connectivity index (χ3n) is 2.42. The first kappa shape index (κ1) is 11.0. The minimum absolute atomic E-state index is 0.591. The van der Waals surface area contributed by atoms with Crippen LogP contribution in [0.25, 0.3) is 0 Å². The Morgan fingerprint density at radius 2 is 2.38 bits per heavy atom. The van der Waals surface area contributed by atoms with Crippen LogP contribution < -0.4 is 0 Å². The van der Waals surface area contributed by atoms with E-state index in [-0.39, 0.29) is 0 Å². The first-order valence-electron chi connectivity index (χ1n) is 4.91. The Hall–Kier alpha value is -0.0500. The number of allylic oxidation sites excluding steroid dienone is 1. The second-order valence-electron chi connectivity index (χ2n) is 3.26. The summed E-state index contributed by atoms with van der Waals surface area (Å²) in [5.74, 6) is 0.612. The zero-order valence-corrected chi connectivity index (χ0v) is 8.96. The van der Waals surface area contributed by atoms with Crippen LogP contribution in [0.5, 0.6) is 0 Å². The normalized spacial score (nSPS) is 25.5. The van der Waals surface area contributed by atoms with Gasteiger partial charge in [0.15, 0.2) is 0 Å². The first-order chi connectivity index (χ1) is 6.38. The maximum Gasteiger partial charge on any atom is 0.0622 e. The van der Waals surface area contributed by atoms with E-state index in [1.807, 2.05) is 6.08 Å². The summed E-state index contributed by atoms with van der Waals surface area (Å²) in [5, 5.41) is 0. The molecular weight excluding hydrogens is 186 g/mol. The standard InChI is InChI=1S/C10H18ClNO/c1-2-10-9-13-8-7-12(10)6-4-3-5-11/h3-4,10H,2,5-9H2,1H3. The van der Waals surface area contributed by atoms with Gasteiger partial charge in [0.25, 0.3) is 0 Å². The molecule has 0 aromatic rings. The van der Waals surface area contributed by atoms with Crippen molar-refractivity contribution in [3.05, 3.63) is 12.2 Å². The van der Waals surface area contributed by atoms with Crippen LogP contribution in [0.15, 0.2) is 12.2 Å². The van der Waals surface area contributed by atoms with Crippen molar-refractivity contribution in [2.45, 2.75) is 19.4 Å². The minimum Gasteiger partial charge on any atom is -0.378 e. The van der Waals surface area contributed by atoms with Crippen molar-refractivity contribution in [1.29, 1.82) is 0 Å². The maximum absolute atomic E-state index is 5.56. The molecule has 0 spiro atoms. The third-order valence-corrected chi connectivity index (χ3v) is 2.59. The van der Waals surface area contributed by atoms with Gasteiger partial charge in [0, 0.05) is 25.0 Å². The Morgan fingerprint density at radius 3 is 3.08 bits per heavy atom. The summed E-state index contributed by atoms with van der Waals surface area (Å²) < 4.78 is 5.42. The number of ether oxygens (including phenoxy) is 1. The molecule has 0 N–H and O–H groups in total. The van der Waals surface area contributed by atoms with Crippen LogP contribution in [0.3, 0.4) is 0 Å². The molecule has 1 rings (SSSR count). The lowest BCUT2D eigenvalue weighted by Gasteiger charge is -2.34. The molecule has 0 aromatic heterocycles. The minimum atomic E-state index is 0.591. The fraction of sp³-hybridized carbons (Fsp3) is 0.800. The average molecular weight is 204 g/mol. The van der Waals surface area contributed by atoms with Gasteiger partial charge in [0.2, 0.25) is 0 Å². The van der Waals surface area contributed by atoms with Crippen molar-refractivity contribution in [3.8, 4) is 0 Å². The lowest BCUT2D eigenvalue weighted by Crippen LogP contribution is -2.44. The number of morpholine rings is 1. The van der Waals surface area contributed by atoms with E-state index in [1.54, 1.807) is 0 Å². The van der Waals surface area contributed by atoms with Gasteiger partial charge in [-0.3, -0.25) is 4.90 Å². The number of alkyl halides is 1. The Labute approximate surface area is 85.5 Å². The highest BCUT2D eigenvalue weighted by Crippen LogP contribution is 2.09. The van der Waals surface area contributed by atoms with Crippen molar-refractivity contribution in [3.63, 3.8) is 0 Å². The molecule has 13 heavy (non-hydrogen) atoms. The molecule has 0 radical (unpaired) electrons. The maximum atomic E-state index is 5.56. The van der Waals surface area contributed by atoms with Crippen molar-refractivity contribution >= 4 is 11.6 Å². The SMILES string of the molecule is CCC1COCCN1CC=CCCl. The van der Waals surface area contributed by atoms with Gasteiger partial charge < -0.3 is 4.74 Å². The van der Waals surface area contributed by atoms with Crippen LogP contribution in [0.2, 0.25) is 0 Å². The van der Waals surface area contributed by atoms with E-state index >= 15 is 0 Å². The highest BCUT2D eigenvalue weighted by Gasteiger charge is 2.19. The summed E-state index contributed by atoms with van der Waals surface area (Å²) in [4.78, 5) is 2.45. The number of rotatable bonds is 4. The molecule has 0 saturated carbocycles. The van der Waals surface area contributed by atoms with E-state index < -0.39 is 0 Å². The Balaban J connectivity index is 2.31. The van der Waals surface area contributed by atoms with Crippen LogP contribution in [-0.2, 0) is 4.74 Å². The molecule has 1 fully saturated rings. The first-order valence-corrected chi connectivity index (χ1v) is 5.44. The summed E-state index contributed by atoms with van der Waals surface area (Å²) in [6.07, 6.45) is 5.30. The highest BCUT2D eigenvalue weighted by atomic mass is 35.5. The summed E-state index contributed by atoms with van der Waals surface area (Å²) >= 11 is 5.56. The monoisotopic (exact) mass is 203 g/mol. The predicted octanol–water partition coefficient (Wildman–Crippen LogP) is 1.89. The van der Waals surface area contributed by atoms with E-state index in [4.69, 9.17) is 16.3 Å². The quantitative estimate of drug-likeness (QED) is 0.511. The van der Waals surface area contributed by atoms with Gasteiger partial charge in [0.05, 0.1) is 13.2 Å². The van der Waals surface area contributed by atoms with Gasteiger partial charge in [-0.2, -0.15) is 0 Å². The average Bonchev–Trinajstić information content (AvgIpc) is 2.19. The van der Waals surface area contributed by atoms with Gasteiger partial charge >= 0.3 is 0 Å². The molecule has 0 aliphatic carbocycles. The summed E-state index contributed by atoms with van der Waals surface area (Å²) in [5.41, 5.74) is 0. The van der Waals surface area contributed by atoms with E-state index in [9.17, 15) is 0 Å². The Kier molecular flexibility index (Phi) is 5.44. The smallest absolute Gasteiger partial charge is 0.0622 e. The van der Waals surface area contributed by atoms with Crippen molar-refractivity contribution in [1.82, 2.24) is 4.90 Å². The highest BCUT2D eigenvalue weighted by molar-refractivity contribution is 6.18. The Morgan fingerprint density at radius 1 is 1.54 bits per heavy atom. The fourth-order valence-electron chi connectivity index (χ4n) is 1.58. The zero-order chi connectivity index (χ0) is 9.52. The van der Waals surface area contributed by atoms with Crippen LogP contribution in [-0.4, -0.2) is 43.1 Å². The van der Waals surface area contributed by atoms with Gasteiger partial charge in [0.1, 0.15) is 0 Å². The second-order valence-corrected chi connectivity index (χ2v) is 3.57. The van der Waals surface area contributed by atoms with Crippen LogP contribution in [0.4, 0.5) is 0 Å². The van der Waals surface area contributed by atoms with E-state index in [1.165, 1.54) is 0 Å². The van der Waals surface area contributed by atoms with E-state index in [0.717, 1.165) is 32.7 Å². The van der Waals surface area contributed by atoms with Gasteiger partial charge in [-0.05, 0) is 6.42 Å². The van der Waals surface area contributed by atoms with Gasteiger partial charge in [-0.15, -0.1) is 11.6 Å². The molecule has 1 aliphatic heterocycles. The third kappa shape index (κ3) is 3.67. The molecule has 0 aromatic carbocycles. The lowest BCUT2D eigenvalue weighted by molar-refractivity contribution is -0.00276. The molecule has 3 heteroatoms. The topological polar surface area (TPSA) is 12.5 Å². The summed E-state index contributed by atoms with van der Waals surface area (Å²) in [6, 6.07) is 0.591. The lowest BCUT2D eigenvalue weighted by atomic mass is 10.2. The van der Waals surface area contributed by atoms with Gasteiger partial charge in [-0.25, -0.2) is 0 Å². The molecule has 1 atom stereocenters. The Bertz CT molecular complexity index is 161. The second kappa shape index (κ2) is 6.41. The fourth-order valence-corrected chi connectivity index (χ4v) is 1.70. The number of nitrogens with zero attached hydrogens (tertiary/aromatic N) is 1. The molecule has 0 bridgehead atoms. The van der Waals surface area contributed by atoms with Crippen LogP contribution in [0.1, 0.15) is 13.3 Å². The van der Waals surface area contributed by atoms with Crippen LogP contribution >= 0.6 is 11.6 Å². The van der Waals surface area contributed by atoms with Crippen molar-refractivity contribution in [2.75, 3.05) is 32.2 Å².